The molecule has 0 aromatic carbocycles. The zero-order valence-electron chi connectivity index (χ0n) is 25.7. The maximum atomic E-state index is 14.0. The Morgan fingerprint density at radius 1 is 0.794 bits per heavy atom. The minimum absolute atomic E-state index is 0.0266. The Hall–Kier alpha value is 0.271. The van der Waals surface area contributed by atoms with Crippen molar-refractivity contribution in [2.24, 2.45) is 0 Å². The highest BCUT2D eigenvalue weighted by Gasteiger charge is 2.51. The molecule has 5 nitrogen and oxygen atoms in total. The fourth-order valence-electron chi connectivity index (χ4n) is 2.95. The summed E-state index contributed by atoms with van der Waals surface area (Å²) in [4.78, 5) is 17.8. The van der Waals surface area contributed by atoms with Crippen LogP contribution in [0.4, 0.5) is 0 Å². The Morgan fingerprint density at radius 2 is 1.21 bits per heavy atom. The van der Waals surface area contributed by atoms with E-state index in [4.69, 9.17) is 8.64 Å². The van der Waals surface area contributed by atoms with E-state index < -0.39 is 37.8 Å². The number of nitrogens with one attached hydrogen (secondary N) is 1. The quantitative estimate of drug-likeness (QED) is 0.217. The third-order valence-electron chi connectivity index (χ3n) is 8.75. The minimum atomic E-state index is -2.91. The summed E-state index contributed by atoms with van der Waals surface area (Å²) in [5.41, 5.74) is -0.874. The second-order valence-electron chi connectivity index (χ2n) is 14.9. The molecule has 0 saturated heterocycles. The Balaban J connectivity index is 6.27. The highest BCUT2D eigenvalue weighted by Crippen LogP contribution is 2.53. The first-order valence-corrected chi connectivity index (χ1v) is 23.9. The molecule has 0 rings (SSSR count). The zero-order chi connectivity index (χ0) is 27.8. The molecule has 0 aliphatic rings. The average molecular weight is 552 g/mol. The molecule has 0 bridgehead atoms. The van der Waals surface area contributed by atoms with Gasteiger partial charge < -0.3 is 13.6 Å². The maximum absolute atomic E-state index is 14.0. The number of carbonyl (C=O) groups is 1. The van der Waals surface area contributed by atoms with Gasteiger partial charge in [-0.05, 0) is 54.1 Å². The van der Waals surface area contributed by atoms with Crippen LogP contribution in [0.15, 0.2) is 0 Å². The number of hydrogen-bond donors (Lipinski definition) is 1. The normalized spacial score (nSPS) is 18.3. The molecule has 0 aliphatic carbocycles. The van der Waals surface area contributed by atoms with Crippen molar-refractivity contribution in [3.8, 4) is 0 Å². The van der Waals surface area contributed by atoms with Crippen LogP contribution in [0.3, 0.4) is 0 Å². The van der Waals surface area contributed by atoms with Crippen molar-refractivity contribution in [2.75, 3.05) is 12.8 Å². The molecule has 1 N–H and O–H groups in total. The van der Waals surface area contributed by atoms with Crippen molar-refractivity contribution in [2.45, 2.75) is 142 Å². The van der Waals surface area contributed by atoms with Gasteiger partial charge in [0.2, 0.25) is 8.32 Å². The van der Waals surface area contributed by atoms with E-state index in [-0.39, 0.29) is 21.1 Å². The van der Waals surface area contributed by atoms with Crippen molar-refractivity contribution >= 4 is 38.2 Å². The Kier molecular flexibility index (Phi) is 10.6. The molecule has 9 heteroatoms. The van der Waals surface area contributed by atoms with Crippen LogP contribution in [0, 0.1) is 0 Å². The molecule has 204 valence electrons. The molecule has 0 spiro atoms. The third-order valence-corrected chi connectivity index (χ3v) is 25.9. The average Bonchev–Trinajstić information content (AvgIpc) is 2.54. The highest BCUT2D eigenvalue weighted by atomic mass is 31.2. The molecular weight excluding hydrogens is 494 g/mol. The molecule has 2 unspecified atom stereocenters. The van der Waals surface area contributed by atoms with Crippen molar-refractivity contribution in [3.05, 3.63) is 0 Å². The molecule has 0 amide bonds. The van der Waals surface area contributed by atoms with Gasteiger partial charge in [-0.1, -0.05) is 82.3 Å². The van der Waals surface area contributed by atoms with Gasteiger partial charge in [0.15, 0.2) is 7.37 Å². The van der Waals surface area contributed by atoms with Gasteiger partial charge in [-0.2, -0.15) is 0 Å². The van der Waals surface area contributed by atoms with Crippen LogP contribution < -0.4 is 4.98 Å². The van der Waals surface area contributed by atoms with Crippen LogP contribution in [-0.2, 0) is 18.0 Å². The van der Waals surface area contributed by atoms with E-state index in [1.165, 1.54) is 0 Å². The summed E-state index contributed by atoms with van der Waals surface area (Å²) < 4.78 is 26.5. The lowest BCUT2D eigenvalue weighted by atomic mass is 9.94. The summed E-state index contributed by atoms with van der Waals surface area (Å²) in [6.45, 7) is 36.5. The third kappa shape index (κ3) is 8.69. The summed E-state index contributed by atoms with van der Waals surface area (Å²) in [7, 11) is -9.50. The number of rotatable bonds is 10. The first-order chi connectivity index (χ1) is 14.6. The van der Waals surface area contributed by atoms with Crippen molar-refractivity contribution < 1.29 is 18.0 Å². The van der Waals surface area contributed by atoms with Crippen molar-refractivity contribution in [1.29, 1.82) is 0 Å². The molecule has 0 heterocycles. The fourth-order valence-corrected chi connectivity index (χ4v) is 12.0. The molecule has 0 radical (unpaired) electrons. The largest absolute Gasteiger partial charge is 0.518 e. The summed E-state index contributed by atoms with van der Waals surface area (Å²) in [5.74, 6) is -0.182. The summed E-state index contributed by atoms with van der Waals surface area (Å²) in [6, 6.07) is 0. The Bertz CT molecular complexity index is 762. The number of carbonyl (C=O) groups excluding carboxylic acids is 1. The Morgan fingerprint density at radius 3 is 1.53 bits per heavy atom. The van der Waals surface area contributed by atoms with Crippen LogP contribution in [0.2, 0.25) is 54.4 Å². The molecular formula is C25H58NO4PSi3. The smallest absolute Gasteiger partial charge is 0.312 e. The maximum Gasteiger partial charge on any atom is 0.312 e. The Labute approximate surface area is 215 Å². The summed E-state index contributed by atoms with van der Waals surface area (Å²) in [5, 5.41) is -0.0655. The van der Waals surface area contributed by atoms with E-state index in [1.807, 2.05) is 6.92 Å². The SMILES string of the molecule is CCC(CCP(C)(=O)O[Si](C)(C)C(C)(C)C)(N[Si](C)(C)C(C)(C)C)C(=O)O[Si](C)(C)C(C)(C)C. The second-order valence-corrected chi connectivity index (χ2v) is 32.4. The zero-order valence-corrected chi connectivity index (χ0v) is 29.6. The predicted octanol–water partition coefficient (Wildman–Crippen LogP) is 8.60. The van der Waals surface area contributed by atoms with E-state index in [0.717, 1.165) is 0 Å². The summed E-state index contributed by atoms with van der Waals surface area (Å²) in [6.07, 6.45) is 1.40. The van der Waals surface area contributed by atoms with Gasteiger partial charge in [0.05, 0.1) is 0 Å². The number of hydrogen-bond acceptors (Lipinski definition) is 5. The predicted molar refractivity (Wildman–Crippen MR) is 158 cm³/mol. The van der Waals surface area contributed by atoms with E-state index in [9.17, 15) is 9.36 Å². The molecule has 34 heavy (non-hydrogen) atoms. The highest BCUT2D eigenvalue weighted by molar-refractivity contribution is 7.59. The van der Waals surface area contributed by atoms with Crippen LogP contribution in [0.25, 0.3) is 0 Å². The van der Waals surface area contributed by atoms with Gasteiger partial charge in [0, 0.05) is 12.8 Å². The lowest BCUT2D eigenvalue weighted by molar-refractivity contribution is -0.142. The first kappa shape index (κ1) is 34.3. The lowest BCUT2D eigenvalue weighted by Crippen LogP contribution is -2.67. The van der Waals surface area contributed by atoms with Gasteiger partial charge in [-0.3, -0.25) is 9.36 Å². The van der Waals surface area contributed by atoms with E-state index in [0.29, 0.717) is 19.0 Å². The minimum Gasteiger partial charge on any atom is -0.518 e. The topological polar surface area (TPSA) is 64.6 Å². The van der Waals surface area contributed by atoms with Gasteiger partial charge in [0.25, 0.3) is 8.32 Å². The van der Waals surface area contributed by atoms with Gasteiger partial charge >= 0.3 is 5.97 Å². The molecule has 0 fully saturated rings. The van der Waals surface area contributed by atoms with Crippen LogP contribution in [-0.4, -0.2) is 49.2 Å². The standard InChI is InChI=1S/C25H58NO4PSi3/c1-18-25(26-32(12,13)22(2,3)4,21(27)29-33(14,15)23(5,6)7)19-20-31(11,28)30-34(16,17)24(8,9)10/h26H,18-20H2,1-17H3. The fraction of sp³-hybridized carbons (Fsp3) is 0.960. The first-order valence-electron chi connectivity index (χ1n) is 12.9. The molecule has 0 aliphatic heterocycles. The van der Waals surface area contributed by atoms with Gasteiger partial charge in [-0.25, -0.2) is 0 Å². The van der Waals surface area contributed by atoms with Crippen molar-refractivity contribution in [3.63, 3.8) is 0 Å². The molecule has 0 aromatic heterocycles. The van der Waals surface area contributed by atoms with Gasteiger partial charge in [0.1, 0.15) is 13.8 Å². The molecule has 0 aromatic rings. The van der Waals surface area contributed by atoms with Crippen LogP contribution >= 0.6 is 7.37 Å². The molecule has 0 saturated carbocycles. The monoisotopic (exact) mass is 551 g/mol. The lowest BCUT2D eigenvalue weighted by Gasteiger charge is -2.47. The van der Waals surface area contributed by atoms with E-state index >= 15 is 0 Å². The van der Waals surface area contributed by atoms with Crippen molar-refractivity contribution in [1.82, 2.24) is 4.98 Å². The van der Waals surface area contributed by atoms with Crippen LogP contribution in [0.1, 0.15) is 82.1 Å². The molecule has 2 atom stereocenters. The van der Waals surface area contributed by atoms with Gasteiger partial charge in [-0.15, -0.1) is 0 Å². The second kappa shape index (κ2) is 10.6. The van der Waals surface area contributed by atoms with Crippen LogP contribution in [0.5, 0.6) is 0 Å². The summed E-state index contributed by atoms with van der Waals surface area (Å²) >= 11 is 0. The van der Waals surface area contributed by atoms with E-state index in [2.05, 4.69) is 107 Å². The van der Waals surface area contributed by atoms with E-state index in [1.54, 1.807) is 6.66 Å².